The van der Waals surface area contributed by atoms with E-state index in [9.17, 15) is 4.79 Å². The summed E-state index contributed by atoms with van der Waals surface area (Å²) in [5.41, 5.74) is 8.62. The van der Waals surface area contributed by atoms with Crippen LogP contribution < -0.4 is 11.1 Å². The number of benzene rings is 1. The number of carbonyl (C=O) groups excluding carboxylic acids is 1. The van der Waals surface area contributed by atoms with Gasteiger partial charge in [0.2, 0.25) is 5.91 Å². The molecule has 18 heavy (non-hydrogen) atoms. The number of hydrogen-bond donors (Lipinski definition) is 2. The van der Waals surface area contributed by atoms with Gasteiger partial charge in [0.1, 0.15) is 0 Å². The number of amides is 1. The Kier molecular flexibility index (Phi) is 3.44. The molecule has 0 bridgehead atoms. The molecule has 3 N–H and O–H groups in total. The Labute approximate surface area is 109 Å². The van der Waals surface area contributed by atoms with Gasteiger partial charge in [0.15, 0.2) is 0 Å². The van der Waals surface area contributed by atoms with Crippen LogP contribution >= 0.6 is 0 Å². The van der Waals surface area contributed by atoms with E-state index in [4.69, 9.17) is 5.73 Å². The van der Waals surface area contributed by atoms with Crippen molar-refractivity contribution >= 4 is 11.6 Å². The van der Waals surface area contributed by atoms with Crippen molar-refractivity contribution in [1.82, 2.24) is 0 Å². The third kappa shape index (κ3) is 2.27. The fourth-order valence-corrected chi connectivity index (χ4v) is 2.37. The molecular weight excluding hydrogens is 224 g/mol. The molecule has 3 nitrogen and oxygen atoms in total. The lowest BCUT2D eigenvalue weighted by Crippen LogP contribution is -2.56. The lowest BCUT2D eigenvalue weighted by atomic mass is 9.77. The zero-order valence-electron chi connectivity index (χ0n) is 11.4. The van der Waals surface area contributed by atoms with Crippen LogP contribution in [0.5, 0.6) is 0 Å². The second kappa shape index (κ2) is 4.73. The summed E-state index contributed by atoms with van der Waals surface area (Å²) in [6, 6.07) is 6.12. The van der Waals surface area contributed by atoms with Crippen LogP contribution in [0.4, 0.5) is 5.69 Å². The van der Waals surface area contributed by atoms with Crippen LogP contribution in [-0.2, 0) is 4.79 Å². The highest BCUT2D eigenvalue weighted by Gasteiger charge is 2.40. The van der Waals surface area contributed by atoms with E-state index >= 15 is 0 Å². The summed E-state index contributed by atoms with van der Waals surface area (Å²) in [5, 5.41) is 3.04. The van der Waals surface area contributed by atoms with Crippen molar-refractivity contribution in [2.24, 2.45) is 5.73 Å². The molecule has 1 aliphatic rings. The molecule has 0 radical (unpaired) electrons. The smallest absolute Gasteiger partial charge is 0.244 e. The predicted octanol–water partition coefficient (Wildman–Crippen LogP) is 2.94. The number of anilines is 1. The van der Waals surface area contributed by atoms with Gasteiger partial charge in [-0.1, -0.05) is 32.0 Å². The summed E-state index contributed by atoms with van der Waals surface area (Å²) in [6.45, 7) is 6.28. The molecule has 1 aliphatic carbocycles. The van der Waals surface area contributed by atoms with E-state index in [1.165, 1.54) is 5.56 Å². The molecule has 0 aliphatic heterocycles. The molecule has 0 saturated heterocycles. The first kappa shape index (κ1) is 13.1. The van der Waals surface area contributed by atoms with Crippen molar-refractivity contribution in [3.63, 3.8) is 0 Å². The van der Waals surface area contributed by atoms with E-state index < -0.39 is 5.54 Å². The largest absolute Gasteiger partial charge is 0.324 e. The lowest BCUT2D eigenvalue weighted by molar-refractivity contribution is -0.123. The van der Waals surface area contributed by atoms with Gasteiger partial charge in [-0.15, -0.1) is 0 Å². The summed E-state index contributed by atoms with van der Waals surface area (Å²) in [4.78, 5) is 12.2. The third-order valence-electron chi connectivity index (χ3n) is 3.86. The minimum Gasteiger partial charge on any atom is -0.324 e. The predicted molar refractivity (Wildman–Crippen MR) is 74.7 cm³/mol. The van der Waals surface area contributed by atoms with Crippen LogP contribution in [0, 0.1) is 6.92 Å². The molecule has 0 unspecified atom stereocenters. The van der Waals surface area contributed by atoms with Crippen molar-refractivity contribution in [2.75, 3.05) is 5.32 Å². The summed E-state index contributed by atoms with van der Waals surface area (Å²) in [6.07, 6.45) is 2.64. The van der Waals surface area contributed by atoms with Gasteiger partial charge in [-0.05, 0) is 43.2 Å². The normalized spacial score (nSPS) is 17.4. The van der Waals surface area contributed by atoms with E-state index in [-0.39, 0.29) is 5.91 Å². The lowest BCUT2D eigenvalue weighted by Gasteiger charge is -2.36. The zero-order chi connectivity index (χ0) is 13.3. The Hall–Kier alpha value is -1.35. The minimum absolute atomic E-state index is 0.0371. The van der Waals surface area contributed by atoms with Gasteiger partial charge in [-0.3, -0.25) is 4.79 Å². The van der Waals surface area contributed by atoms with Crippen molar-refractivity contribution in [3.8, 4) is 0 Å². The molecule has 1 saturated carbocycles. The minimum atomic E-state index is -0.642. The number of hydrogen-bond acceptors (Lipinski definition) is 2. The van der Waals surface area contributed by atoms with E-state index in [0.29, 0.717) is 5.92 Å². The third-order valence-corrected chi connectivity index (χ3v) is 3.86. The molecule has 1 aromatic rings. The Morgan fingerprint density at radius 3 is 2.56 bits per heavy atom. The zero-order valence-corrected chi connectivity index (χ0v) is 11.4. The van der Waals surface area contributed by atoms with Gasteiger partial charge in [-0.25, -0.2) is 0 Å². The SMILES string of the molecule is Cc1cccc(C(C)C)c1NC(=O)C1(N)CCC1. The Bertz CT molecular complexity index is 462. The van der Waals surface area contributed by atoms with Crippen LogP contribution in [0.2, 0.25) is 0 Å². The highest BCUT2D eigenvalue weighted by Crippen LogP contribution is 2.33. The second-order valence-electron chi connectivity index (χ2n) is 5.66. The second-order valence-corrected chi connectivity index (χ2v) is 5.66. The summed E-state index contributed by atoms with van der Waals surface area (Å²) < 4.78 is 0. The first-order chi connectivity index (χ1) is 8.44. The average Bonchev–Trinajstić information content (AvgIpc) is 2.28. The molecule has 3 heteroatoms. The summed E-state index contributed by atoms with van der Waals surface area (Å²) in [7, 11) is 0. The highest BCUT2D eigenvalue weighted by atomic mass is 16.2. The number of nitrogens with one attached hydrogen (secondary N) is 1. The molecule has 0 spiro atoms. The first-order valence-electron chi connectivity index (χ1n) is 6.64. The van der Waals surface area contributed by atoms with E-state index in [1.807, 2.05) is 19.1 Å². The van der Waals surface area contributed by atoms with Gasteiger partial charge < -0.3 is 11.1 Å². The number of rotatable bonds is 3. The van der Waals surface area contributed by atoms with Crippen molar-refractivity contribution < 1.29 is 4.79 Å². The number of aryl methyl sites for hydroxylation is 1. The topological polar surface area (TPSA) is 55.1 Å². The molecule has 2 rings (SSSR count). The molecule has 98 valence electrons. The maximum Gasteiger partial charge on any atom is 0.244 e. The number of carbonyl (C=O) groups is 1. The average molecular weight is 246 g/mol. The van der Waals surface area contributed by atoms with Crippen molar-refractivity contribution in [2.45, 2.75) is 51.5 Å². The fourth-order valence-electron chi connectivity index (χ4n) is 2.37. The number of para-hydroxylation sites is 1. The molecule has 1 amide bonds. The Morgan fingerprint density at radius 1 is 1.39 bits per heavy atom. The Morgan fingerprint density at radius 2 is 2.06 bits per heavy atom. The molecule has 0 heterocycles. The highest BCUT2D eigenvalue weighted by molar-refractivity contribution is 5.99. The maximum atomic E-state index is 12.2. The van der Waals surface area contributed by atoms with Gasteiger partial charge in [0, 0.05) is 5.69 Å². The van der Waals surface area contributed by atoms with E-state index in [1.54, 1.807) is 0 Å². The molecule has 1 fully saturated rings. The standard InChI is InChI=1S/C15H22N2O/c1-10(2)12-7-4-6-11(3)13(12)17-14(18)15(16)8-5-9-15/h4,6-7,10H,5,8-9,16H2,1-3H3,(H,17,18). The maximum absolute atomic E-state index is 12.2. The quantitative estimate of drug-likeness (QED) is 0.861. The van der Waals surface area contributed by atoms with Crippen molar-refractivity contribution in [1.29, 1.82) is 0 Å². The summed E-state index contributed by atoms with van der Waals surface area (Å²) in [5.74, 6) is 0.347. The molecular formula is C15H22N2O. The van der Waals surface area contributed by atoms with Crippen LogP contribution in [0.1, 0.15) is 50.2 Å². The molecule has 0 aromatic heterocycles. The van der Waals surface area contributed by atoms with E-state index in [0.717, 1.165) is 30.5 Å². The van der Waals surface area contributed by atoms with Crippen LogP contribution in [0.25, 0.3) is 0 Å². The molecule has 1 aromatic carbocycles. The monoisotopic (exact) mass is 246 g/mol. The van der Waals surface area contributed by atoms with Crippen molar-refractivity contribution in [3.05, 3.63) is 29.3 Å². The summed E-state index contributed by atoms with van der Waals surface area (Å²) >= 11 is 0. The van der Waals surface area contributed by atoms with E-state index in [2.05, 4.69) is 25.2 Å². The molecule has 0 atom stereocenters. The number of nitrogens with two attached hydrogens (primary N) is 1. The fraction of sp³-hybridized carbons (Fsp3) is 0.533. The van der Waals surface area contributed by atoms with Gasteiger partial charge >= 0.3 is 0 Å². The van der Waals surface area contributed by atoms with Crippen LogP contribution in [0.3, 0.4) is 0 Å². The Balaban J connectivity index is 2.25. The van der Waals surface area contributed by atoms with Gasteiger partial charge in [0.25, 0.3) is 0 Å². The van der Waals surface area contributed by atoms with Gasteiger partial charge in [-0.2, -0.15) is 0 Å². The van der Waals surface area contributed by atoms with Gasteiger partial charge in [0.05, 0.1) is 5.54 Å². The van der Waals surface area contributed by atoms with Crippen LogP contribution in [-0.4, -0.2) is 11.4 Å². The first-order valence-corrected chi connectivity index (χ1v) is 6.64. The van der Waals surface area contributed by atoms with Crippen LogP contribution in [0.15, 0.2) is 18.2 Å².